The van der Waals surface area contributed by atoms with Crippen LogP contribution in [0.15, 0.2) is 42.5 Å². The topological polar surface area (TPSA) is 58.3 Å². The lowest BCUT2D eigenvalue weighted by Gasteiger charge is -2.19. The summed E-state index contributed by atoms with van der Waals surface area (Å²) in [6.45, 7) is -0.100. The molecule has 0 aromatic heterocycles. The highest BCUT2D eigenvalue weighted by Gasteiger charge is 2.13. The third kappa shape index (κ3) is 3.36. The molecule has 4 N–H and O–H groups in total. The number of anilines is 2. The van der Waals surface area contributed by atoms with Crippen LogP contribution in [0.5, 0.6) is 0 Å². The van der Waals surface area contributed by atoms with E-state index >= 15 is 0 Å². The van der Waals surface area contributed by atoms with Crippen molar-refractivity contribution >= 4 is 34.0 Å². The highest BCUT2D eigenvalue weighted by atomic mass is 127. The van der Waals surface area contributed by atoms with Crippen LogP contribution in [-0.2, 0) is 0 Å². The van der Waals surface area contributed by atoms with Crippen LogP contribution >= 0.6 is 22.6 Å². The van der Waals surface area contributed by atoms with Crippen molar-refractivity contribution in [3.63, 3.8) is 0 Å². The summed E-state index contributed by atoms with van der Waals surface area (Å²) in [7, 11) is 0. The molecule has 0 aliphatic rings. The van der Waals surface area contributed by atoms with Crippen molar-refractivity contribution in [3.05, 3.63) is 57.4 Å². The fraction of sp³-hybridized carbons (Fsp3) is 0.143. The number of benzene rings is 2. The Morgan fingerprint density at radius 1 is 1.26 bits per heavy atom. The summed E-state index contributed by atoms with van der Waals surface area (Å²) < 4.78 is 14.0. The molecule has 0 aliphatic heterocycles. The summed E-state index contributed by atoms with van der Waals surface area (Å²) in [4.78, 5) is 0. The standard InChI is InChI=1S/C14H14FIN2O/c15-10-6-13(12(17)7-11(10)16)18-14(8-19)9-4-2-1-3-5-9/h1-7,14,18-19H,8,17H2. The summed E-state index contributed by atoms with van der Waals surface area (Å²) in [5.74, 6) is -0.331. The molecule has 0 spiro atoms. The van der Waals surface area contributed by atoms with Crippen molar-refractivity contribution in [1.82, 2.24) is 0 Å². The lowest BCUT2D eigenvalue weighted by atomic mass is 10.1. The van der Waals surface area contributed by atoms with Gasteiger partial charge in [0, 0.05) is 6.07 Å². The Hall–Kier alpha value is -1.34. The van der Waals surface area contributed by atoms with Gasteiger partial charge in [0.15, 0.2) is 0 Å². The lowest BCUT2D eigenvalue weighted by molar-refractivity contribution is 0.276. The van der Waals surface area contributed by atoms with Gasteiger partial charge in [0.1, 0.15) is 5.82 Å². The smallest absolute Gasteiger partial charge is 0.138 e. The molecule has 19 heavy (non-hydrogen) atoms. The Kier molecular flexibility index (Phi) is 4.60. The number of nitrogens with one attached hydrogen (secondary N) is 1. The van der Waals surface area contributed by atoms with E-state index in [4.69, 9.17) is 5.73 Å². The first-order chi connectivity index (χ1) is 9.11. The van der Waals surface area contributed by atoms with Gasteiger partial charge in [0.25, 0.3) is 0 Å². The van der Waals surface area contributed by atoms with E-state index < -0.39 is 0 Å². The number of hydrogen-bond donors (Lipinski definition) is 3. The van der Waals surface area contributed by atoms with Gasteiger partial charge in [-0.1, -0.05) is 30.3 Å². The zero-order chi connectivity index (χ0) is 13.8. The van der Waals surface area contributed by atoms with E-state index in [2.05, 4.69) is 5.32 Å². The van der Waals surface area contributed by atoms with Gasteiger partial charge in [-0.15, -0.1) is 0 Å². The number of hydrogen-bond acceptors (Lipinski definition) is 3. The number of rotatable bonds is 4. The number of halogens is 2. The Labute approximate surface area is 124 Å². The first kappa shape index (κ1) is 14.1. The van der Waals surface area contributed by atoms with Gasteiger partial charge in [-0.05, 0) is 34.2 Å². The molecule has 1 unspecified atom stereocenters. The molecule has 5 heteroatoms. The largest absolute Gasteiger partial charge is 0.397 e. The number of aliphatic hydroxyl groups is 1. The quantitative estimate of drug-likeness (QED) is 0.571. The van der Waals surface area contributed by atoms with Gasteiger partial charge in [-0.2, -0.15) is 0 Å². The first-order valence-corrected chi connectivity index (χ1v) is 6.86. The van der Waals surface area contributed by atoms with Crippen LogP contribution in [0.1, 0.15) is 11.6 Å². The van der Waals surface area contributed by atoms with Gasteiger partial charge in [0.2, 0.25) is 0 Å². The predicted octanol–water partition coefficient (Wildman–Crippen LogP) is 3.16. The van der Waals surface area contributed by atoms with E-state index in [1.54, 1.807) is 6.07 Å². The van der Waals surface area contributed by atoms with Crippen LogP contribution in [0.2, 0.25) is 0 Å². The minimum Gasteiger partial charge on any atom is -0.397 e. The molecule has 2 aromatic carbocycles. The second-order valence-corrected chi connectivity index (χ2v) is 5.31. The van der Waals surface area contributed by atoms with Crippen molar-refractivity contribution in [2.24, 2.45) is 0 Å². The molecule has 3 nitrogen and oxygen atoms in total. The van der Waals surface area contributed by atoms with E-state index in [9.17, 15) is 9.50 Å². The summed E-state index contributed by atoms with van der Waals surface area (Å²) in [6, 6.07) is 12.1. The van der Waals surface area contributed by atoms with E-state index in [1.165, 1.54) is 6.07 Å². The lowest BCUT2D eigenvalue weighted by Crippen LogP contribution is -2.16. The normalized spacial score (nSPS) is 12.2. The van der Waals surface area contributed by atoms with Gasteiger partial charge in [0.05, 0.1) is 27.6 Å². The van der Waals surface area contributed by atoms with Crippen LogP contribution in [0.3, 0.4) is 0 Å². The summed E-state index contributed by atoms with van der Waals surface area (Å²) in [6.07, 6.45) is 0. The number of nitrogens with two attached hydrogens (primary N) is 1. The minimum atomic E-state index is -0.331. The van der Waals surface area contributed by atoms with Gasteiger partial charge in [-0.25, -0.2) is 4.39 Å². The molecular weight excluding hydrogens is 358 g/mol. The first-order valence-electron chi connectivity index (χ1n) is 5.78. The van der Waals surface area contributed by atoms with Crippen molar-refractivity contribution in [2.75, 3.05) is 17.7 Å². The van der Waals surface area contributed by atoms with Crippen LogP contribution in [0.25, 0.3) is 0 Å². The third-order valence-electron chi connectivity index (χ3n) is 2.81. The zero-order valence-corrected chi connectivity index (χ0v) is 12.3. The number of aliphatic hydroxyl groups excluding tert-OH is 1. The molecular formula is C14H14FIN2O. The van der Waals surface area contributed by atoms with Gasteiger partial charge < -0.3 is 16.2 Å². The molecule has 0 fully saturated rings. The summed E-state index contributed by atoms with van der Waals surface area (Å²) >= 11 is 1.89. The van der Waals surface area contributed by atoms with Gasteiger partial charge >= 0.3 is 0 Å². The number of nitrogen functional groups attached to an aromatic ring is 1. The monoisotopic (exact) mass is 372 g/mol. The fourth-order valence-electron chi connectivity index (χ4n) is 1.79. The average molecular weight is 372 g/mol. The highest BCUT2D eigenvalue weighted by Crippen LogP contribution is 2.27. The molecule has 0 saturated heterocycles. The van der Waals surface area contributed by atoms with Crippen molar-refractivity contribution in [3.8, 4) is 0 Å². The van der Waals surface area contributed by atoms with Crippen LogP contribution < -0.4 is 11.1 Å². The zero-order valence-electron chi connectivity index (χ0n) is 10.1. The Bertz CT molecular complexity index is 563. The molecule has 0 radical (unpaired) electrons. The van der Waals surface area contributed by atoms with Gasteiger partial charge in [-0.3, -0.25) is 0 Å². The summed E-state index contributed by atoms with van der Waals surface area (Å²) in [5.41, 5.74) is 7.72. The van der Waals surface area contributed by atoms with E-state index in [0.717, 1.165) is 5.56 Å². The maximum absolute atomic E-state index is 13.6. The second kappa shape index (κ2) is 6.21. The van der Waals surface area contributed by atoms with Crippen molar-refractivity contribution < 1.29 is 9.50 Å². The van der Waals surface area contributed by atoms with E-state index in [1.807, 2.05) is 52.9 Å². The van der Waals surface area contributed by atoms with Crippen molar-refractivity contribution in [1.29, 1.82) is 0 Å². The Balaban J connectivity index is 2.26. The molecule has 0 bridgehead atoms. The fourth-order valence-corrected chi connectivity index (χ4v) is 2.29. The van der Waals surface area contributed by atoms with Crippen LogP contribution in [0.4, 0.5) is 15.8 Å². The molecule has 0 amide bonds. The van der Waals surface area contributed by atoms with E-state index in [0.29, 0.717) is 14.9 Å². The van der Waals surface area contributed by atoms with Crippen LogP contribution in [0, 0.1) is 9.39 Å². The second-order valence-electron chi connectivity index (χ2n) is 4.14. The molecule has 1 atom stereocenters. The third-order valence-corrected chi connectivity index (χ3v) is 3.63. The highest BCUT2D eigenvalue weighted by molar-refractivity contribution is 14.1. The molecule has 0 aliphatic carbocycles. The molecule has 2 rings (SSSR count). The Morgan fingerprint density at radius 2 is 1.95 bits per heavy atom. The maximum atomic E-state index is 13.6. The van der Waals surface area contributed by atoms with Crippen LogP contribution in [-0.4, -0.2) is 11.7 Å². The molecule has 0 heterocycles. The predicted molar refractivity (Wildman–Crippen MR) is 83.4 cm³/mol. The van der Waals surface area contributed by atoms with E-state index in [-0.39, 0.29) is 18.5 Å². The SMILES string of the molecule is Nc1cc(I)c(F)cc1NC(CO)c1ccccc1. The Morgan fingerprint density at radius 3 is 2.58 bits per heavy atom. The maximum Gasteiger partial charge on any atom is 0.138 e. The molecule has 100 valence electrons. The molecule has 0 saturated carbocycles. The van der Waals surface area contributed by atoms with Crippen molar-refractivity contribution in [2.45, 2.75) is 6.04 Å². The molecule has 2 aromatic rings. The minimum absolute atomic E-state index is 0.100. The summed E-state index contributed by atoms with van der Waals surface area (Å²) in [5, 5.41) is 12.5. The average Bonchev–Trinajstić information content (AvgIpc) is 2.42.